The smallest absolute Gasteiger partial charge is 0.550 e. The van der Waals surface area contributed by atoms with Gasteiger partial charge in [-0.2, -0.15) is 0 Å². The van der Waals surface area contributed by atoms with Crippen molar-refractivity contribution in [3.05, 3.63) is 83.1 Å². The maximum atomic E-state index is 12.5. The number of rotatable bonds is 7. The fourth-order valence-corrected chi connectivity index (χ4v) is 3.42. The van der Waals surface area contributed by atoms with Gasteiger partial charge in [0.2, 0.25) is 0 Å². The van der Waals surface area contributed by atoms with E-state index in [9.17, 15) is 24.3 Å². The zero-order valence-corrected chi connectivity index (χ0v) is 20.8. The van der Waals surface area contributed by atoms with Crippen LogP contribution in [0.15, 0.2) is 60.8 Å². The number of nitrogens with one attached hydrogen (secondary N) is 2. The van der Waals surface area contributed by atoms with Gasteiger partial charge < -0.3 is 25.4 Å². The second-order valence-electron chi connectivity index (χ2n) is 7.75. The van der Waals surface area contributed by atoms with Crippen molar-refractivity contribution in [1.82, 2.24) is 15.5 Å². The van der Waals surface area contributed by atoms with Crippen LogP contribution in [0.1, 0.15) is 34.7 Å². The number of benzene rings is 2. The average Bonchev–Trinajstić information content (AvgIpc) is 2.75. The molecule has 3 rings (SSSR count). The number of carbonyl (C=O) groups excluding carboxylic acids is 4. The van der Waals surface area contributed by atoms with E-state index in [1.165, 1.54) is 24.2 Å². The Bertz CT molecular complexity index is 1070. The van der Waals surface area contributed by atoms with Crippen LogP contribution in [-0.2, 0) is 20.8 Å². The Morgan fingerprint density at radius 3 is 2.45 bits per heavy atom. The first-order valence-electron chi connectivity index (χ1n) is 10.1. The van der Waals surface area contributed by atoms with Crippen LogP contribution in [0.2, 0.25) is 0 Å². The quantitative estimate of drug-likeness (QED) is 0.368. The van der Waals surface area contributed by atoms with Gasteiger partial charge in [-0.1, -0.05) is 54.1 Å². The van der Waals surface area contributed by atoms with E-state index < -0.39 is 42.2 Å². The second-order valence-corrected chi connectivity index (χ2v) is 7.75. The molecule has 2 atom stereocenters. The van der Waals surface area contributed by atoms with Gasteiger partial charge in [0.1, 0.15) is 0 Å². The normalized spacial score (nSPS) is 16.1. The third kappa shape index (κ3) is 7.28. The number of nitrogens with zero attached hydrogens (tertiary/aromatic N) is 1. The van der Waals surface area contributed by atoms with Gasteiger partial charge in [-0.3, -0.25) is 9.59 Å². The summed E-state index contributed by atoms with van der Waals surface area (Å²) in [6.07, 6.45) is 2.69. The summed E-state index contributed by atoms with van der Waals surface area (Å²) in [5.41, 5.74) is 3.78. The molecule has 166 valence electrons. The van der Waals surface area contributed by atoms with Crippen LogP contribution in [0.25, 0.3) is 0 Å². The molecule has 0 radical (unpaired) electrons. The molecule has 0 aliphatic carbocycles. The molecule has 1 aliphatic heterocycles. The van der Waals surface area contributed by atoms with E-state index in [1.807, 2.05) is 43.3 Å². The maximum Gasteiger partial charge on any atom is 1.00 e. The van der Waals surface area contributed by atoms with Crippen molar-refractivity contribution in [2.24, 2.45) is 0 Å². The summed E-state index contributed by atoms with van der Waals surface area (Å²) < 4.78 is 0. The van der Waals surface area contributed by atoms with E-state index in [0.29, 0.717) is 12.0 Å². The Kier molecular flexibility index (Phi) is 9.40. The number of carbonyl (C=O) groups is 4. The number of ketones is 1. The zero-order chi connectivity index (χ0) is 23.3. The number of hydrogen-bond acceptors (Lipinski definition) is 5. The molecule has 0 aromatic heterocycles. The summed E-state index contributed by atoms with van der Waals surface area (Å²) in [6, 6.07) is 12.2. The van der Waals surface area contributed by atoms with E-state index in [1.54, 1.807) is 12.1 Å². The van der Waals surface area contributed by atoms with Gasteiger partial charge in [0.25, 0.3) is 5.91 Å². The molecule has 0 spiro atoms. The van der Waals surface area contributed by atoms with Crippen molar-refractivity contribution < 1.29 is 53.8 Å². The largest absolute Gasteiger partial charge is 1.00 e. The summed E-state index contributed by atoms with van der Waals surface area (Å²) in [4.78, 5) is 49.1. The van der Waals surface area contributed by atoms with Crippen LogP contribution in [0.3, 0.4) is 0 Å². The van der Waals surface area contributed by atoms with Crippen LogP contribution in [0, 0.1) is 6.92 Å². The molecular formula is C24H24N3NaO5. The minimum Gasteiger partial charge on any atom is -0.550 e. The third-order valence-electron chi connectivity index (χ3n) is 5.18. The Morgan fingerprint density at radius 2 is 1.79 bits per heavy atom. The van der Waals surface area contributed by atoms with Gasteiger partial charge in [-0.15, -0.1) is 0 Å². The molecule has 0 fully saturated rings. The first-order valence-corrected chi connectivity index (χ1v) is 10.1. The minimum absolute atomic E-state index is 0. The molecule has 0 saturated heterocycles. The summed E-state index contributed by atoms with van der Waals surface area (Å²) >= 11 is 0. The number of amides is 3. The van der Waals surface area contributed by atoms with Gasteiger partial charge >= 0.3 is 35.6 Å². The Hall–Kier alpha value is -2.94. The number of urea groups is 1. The minimum atomic E-state index is -1.36. The molecule has 9 heteroatoms. The fourth-order valence-electron chi connectivity index (χ4n) is 3.42. The molecule has 0 bridgehead atoms. The predicted octanol–water partition coefficient (Wildman–Crippen LogP) is -2.01. The van der Waals surface area contributed by atoms with Crippen LogP contribution < -0.4 is 45.3 Å². The van der Waals surface area contributed by atoms with Gasteiger partial charge in [0.15, 0.2) is 11.8 Å². The van der Waals surface area contributed by atoms with E-state index in [0.717, 1.165) is 16.7 Å². The number of likely N-dealkylation sites (N-methyl/N-ethyl adjacent to an activating group) is 1. The Balaban J connectivity index is 0.00000385. The first-order chi connectivity index (χ1) is 15.2. The number of aryl methyl sites for hydroxylation is 1. The van der Waals surface area contributed by atoms with Gasteiger partial charge in [0, 0.05) is 31.7 Å². The molecule has 3 amide bonds. The van der Waals surface area contributed by atoms with Crippen LogP contribution in [-0.4, -0.2) is 41.7 Å². The molecule has 2 aromatic carbocycles. The van der Waals surface area contributed by atoms with E-state index in [4.69, 9.17) is 0 Å². The van der Waals surface area contributed by atoms with Crippen LogP contribution >= 0.6 is 0 Å². The average molecular weight is 457 g/mol. The van der Waals surface area contributed by atoms with Crippen LogP contribution in [0.4, 0.5) is 4.79 Å². The van der Waals surface area contributed by atoms with Gasteiger partial charge in [0.05, 0.1) is 6.04 Å². The molecule has 1 heterocycles. The first kappa shape index (κ1) is 26.3. The zero-order valence-electron chi connectivity index (χ0n) is 18.8. The van der Waals surface area contributed by atoms with Crippen molar-refractivity contribution in [1.29, 1.82) is 0 Å². The van der Waals surface area contributed by atoms with Crippen molar-refractivity contribution in [3.8, 4) is 0 Å². The fraction of sp³-hybridized carbons (Fsp3) is 0.250. The van der Waals surface area contributed by atoms with Crippen LogP contribution in [0.5, 0.6) is 0 Å². The molecule has 1 unspecified atom stereocenters. The topological polar surface area (TPSA) is 119 Å². The number of aliphatic carboxylic acids is 1. The van der Waals surface area contributed by atoms with Crippen molar-refractivity contribution in [3.63, 3.8) is 0 Å². The molecule has 1 aliphatic rings. The SMILES string of the molecule is Cc1ccc(Cc2cccc([C@H](CC(=O)[O-])NC(=O)NC3C(=O)C=CN(C)C3=O)c2)cc1.[Na+]. The Morgan fingerprint density at radius 1 is 1.09 bits per heavy atom. The summed E-state index contributed by atoms with van der Waals surface area (Å²) in [7, 11) is 1.47. The third-order valence-corrected chi connectivity index (χ3v) is 5.18. The maximum absolute atomic E-state index is 12.5. The number of carboxylic acid groups (broad SMARTS) is 1. The molecule has 0 saturated carbocycles. The molecular weight excluding hydrogens is 433 g/mol. The monoisotopic (exact) mass is 457 g/mol. The Labute approximate surface area is 214 Å². The molecule has 2 aromatic rings. The van der Waals surface area contributed by atoms with Crippen molar-refractivity contribution in [2.75, 3.05) is 7.05 Å². The second kappa shape index (κ2) is 11.8. The molecule has 2 N–H and O–H groups in total. The molecule has 8 nitrogen and oxygen atoms in total. The van der Waals surface area contributed by atoms with Gasteiger partial charge in [-0.05, 0) is 30.0 Å². The number of hydrogen-bond donors (Lipinski definition) is 2. The summed E-state index contributed by atoms with van der Waals surface area (Å²) in [6.45, 7) is 2.01. The van der Waals surface area contributed by atoms with Crippen molar-refractivity contribution in [2.45, 2.75) is 31.8 Å². The molecule has 33 heavy (non-hydrogen) atoms. The summed E-state index contributed by atoms with van der Waals surface area (Å²) in [5, 5.41) is 16.2. The standard InChI is InChI=1S/C24H25N3O5.Na/c1-15-6-8-16(9-7-15)12-17-4-3-5-18(13-17)19(14-21(29)30)25-24(32)26-22-20(28)10-11-27(2)23(22)31;/h3-11,13,19,22H,12,14H2,1-2H3,(H,29,30)(H2,25,26,32);/q;+1/p-1/t19-,22?;/m0./s1. The van der Waals surface area contributed by atoms with Gasteiger partial charge in [-0.25, -0.2) is 4.79 Å². The van der Waals surface area contributed by atoms with E-state index >= 15 is 0 Å². The predicted molar refractivity (Wildman–Crippen MR) is 115 cm³/mol. The van der Waals surface area contributed by atoms with E-state index in [-0.39, 0.29) is 29.6 Å². The summed E-state index contributed by atoms with van der Waals surface area (Å²) in [5.74, 6) is -2.48. The van der Waals surface area contributed by atoms with E-state index in [2.05, 4.69) is 10.6 Å². The van der Waals surface area contributed by atoms with Crippen molar-refractivity contribution >= 4 is 23.7 Å². The number of carboxylic acids is 1.